The highest BCUT2D eigenvalue weighted by atomic mass is 32.2. The van der Waals surface area contributed by atoms with Gasteiger partial charge >= 0.3 is 0 Å². The number of benzene rings is 1. The number of anilines is 1. The Balaban J connectivity index is 2.04. The van der Waals surface area contributed by atoms with Gasteiger partial charge in [-0.25, -0.2) is 0 Å². The lowest BCUT2D eigenvalue weighted by atomic mass is 10.2. The number of nitrogens with one attached hydrogen (secondary N) is 1. The van der Waals surface area contributed by atoms with E-state index in [1.54, 1.807) is 18.2 Å². The fourth-order valence-electron chi connectivity index (χ4n) is 1.57. The molecule has 16 heavy (non-hydrogen) atoms. The summed E-state index contributed by atoms with van der Waals surface area (Å²) in [6.07, 6.45) is 4.90. The van der Waals surface area contributed by atoms with Crippen molar-refractivity contribution in [3.63, 3.8) is 0 Å². The number of hydrogen-bond donors (Lipinski definition) is 2. The SMILES string of the molecule is CSc1cc(O)ccc1NC(=O)CC1CC1. The quantitative estimate of drug-likeness (QED) is 0.625. The largest absolute Gasteiger partial charge is 0.508 e. The van der Waals surface area contributed by atoms with Gasteiger partial charge < -0.3 is 10.4 Å². The Hall–Kier alpha value is -1.16. The number of amides is 1. The summed E-state index contributed by atoms with van der Waals surface area (Å²) in [6, 6.07) is 5.00. The van der Waals surface area contributed by atoms with Crippen molar-refractivity contribution >= 4 is 23.4 Å². The van der Waals surface area contributed by atoms with Crippen molar-refractivity contribution < 1.29 is 9.90 Å². The maximum atomic E-state index is 11.6. The van der Waals surface area contributed by atoms with Crippen LogP contribution in [0.3, 0.4) is 0 Å². The van der Waals surface area contributed by atoms with Crippen molar-refractivity contribution in [2.24, 2.45) is 5.92 Å². The van der Waals surface area contributed by atoms with Crippen LogP contribution in [0, 0.1) is 5.92 Å². The minimum Gasteiger partial charge on any atom is -0.508 e. The summed E-state index contributed by atoms with van der Waals surface area (Å²) in [6.45, 7) is 0. The first-order chi connectivity index (χ1) is 7.69. The van der Waals surface area contributed by atoms with E-state index in [9.17, 15) is 9.90 Å². The van der Waals surface area contributed by atoms with E-state index in [1.807, 2.05) is 6.26 Å². The lowest BCUT2D eigenvalue weighted by molar-refractivity contribution is -0.116. The van der Waals surface area contributed by atoms with Crippen LogP contribution in [0.2, 0.25) is 0 Å². The van der Waals surface area contributed by atoms with E-state index >= 15 is 0 Å². The molecule has 0 aromatic heterocycles. The molecule has 3 nitrogen and oxygen atoms in total. The second-order valence-corrected chi connectivity index (χ2v) is 4.93. The molecule has 0 aliphatic heterocycles. The smallest absolute Gasteiger partial charge is 0.224 e. The second kappa shape index (κ2) is 4.78. The summed E-state index contributed by atoms with van der Waals surface area (Å²) < 4.78 is 0. The van der Waals surface area contributed by atoms with E-state index in [0.717, 1.165) is 10.6 Å². The van der Waals surface area contributed by atoms with Crippen molar-refractivity contribution in [2.45, 2.75) is 24.2 Å². The van der Waals surface area contributed by atoms with Crippen molar-refractivity contribution in [1.29, 1.82) is 0 Å². The summed E-state index contributed by atoms with van der Waals surface area (Å²) in [5.41, 5.74) is 0.788. The number of phenols is 1. The molecule has 86 valence electrons. The Labute approximate surface area is 99.2 Å². The zero-order valence-corrected chi connectivity index (χ0v) is 10.0. The van der Waals surface area contributed by atoms with Crippen LogP contribution in [0.5, 0.6) is 5.75 Å². The summed E-state index contributed by atoms with van der Waals surface area (Å²) in [5, 5.41) is 12.2. The van der Waals surface area contributed by atoms with Crippen molar-refractivity contribution in [2.75, 3.05) is 11.6 Å². The Morgan fingerprint density at radius 3 is 2.94 bits per heavy atom. The molecule has 0 unspecified atom stereocenters. The molecule has 1 aromatic carbocycles. The maximum absolute atomic E-state index is 11.6. The average Bonchev–Trinajstić information content (AvgIpc) is 3.04. The Bertz CT molecular complexity index is 402. The van der Waals surface area contributed by atoms with Gasteiger partial charge in [0.15, 0.2) is 0 Å². The first-order valence-corrected chi connectivity index (χ1v) is 6.58. The van der Waals surface area contributed by atoms with E-state index in [4.69, 9.17) is 0 Å². The van der Waals surface area contributed by atoms with Gasteiger partial charge in [-0.05, 0) is 43.2 Å². The van der Waals surface area contributed by atoms with Crippen LogP contribution in [0.1, 0.15) is 19.3 Å². The first kappa shape index (κ1) is 11.3. The summed E-state index contributed by atoms with van der Waals surface area (Å²) in [7, 11) is 0. The lowest BCUT2D eigenvalue weighted by Crippen LogP contribution is -2.12. The van der Waals surface area contributed by atoms with Crippen LogP contribution in [-0.2, 0) is 4.79 Å². The highest BCUT2D eigenvalue weighted by Crippen LogP contribution is 2.33. The molecule has 0 bridgehead atoms. The van der Waals surface area contributed by atoms with Gasteiger partial charge in [0, 0.05) is 11.3 Å². The van der Waals surface area contributed by atoms with E-state index in [0.29, 0.717) is 12.3 Å². The van der Waals surface area contributed by atoms with Gasteiger partial charge in [0.05, 0.1) is 5.69 Å². The van der Waals surface area contributed by atoms with Gasteiger partial charge in [0.2, 0.25) is 5.91 Å². The zero-order valence-electron chi connectivity index (χ0n) is 9.19. The minimum atomic E-state index is 0.0727. The molecule has 2 N–H and O–H groups in total. The number of carbonyl (C=O) groups is 1. The molecule has 4 heteroatoms. The fraction of sp³-hybridized carbons (Fsp3) is 0.417. The number of phenolic OH excluding ortho intramolecular Hbond substituents is 1. The van der Waals surface area contributed by atoms with Crippen molar-refractivity contribution in [3.8, 4) is 5.75 Å². The van der Waals surface area contributed by atoms with Gasteiger partial charge in [0.1, 0.15) is 5.75 Å². The Kier molecular flexibility index (Phi) is 3.39. The summed E-state index contributed by atoms with van der Waals surface area (Å²) >= 11 is 1.51. The van der Waals surface area contributed by atoms with Gasteiger partial charge in [-0.3, -0.25) is 4.79 Å². The van der Waals surface area contributed by atoms with E-state index < -0.39 is 0 Å². The third-order valence-electron chi connectivity index (χ3n) is 2.63. The summed E-state index contributed by atoms with van der Waals surface area (Å²) in [5.74, 6) is 0.892. The molecule has 1 aliphatic rings. The monoisotopic (exact) mass is 237 g/mol. The highest BCUT2D eigenvalue weighted by Gasteiger charge is 2.24. The number of rotatable bonds is 4. The predicted octanol–water partition coefficient (Wildman–Crippen LogP) is 2.85. The lowest BCUT2D eigenvalue weighted by Gasteiger charge is -2.09. The average molecular weight is 237 g/mol. The zero-order chi connectivity index (χ0) is 11.5. The Morgan fingerprint density at radius 2 is 2.31 bits per heavy atom. The van der Waals surface area contributed by atoms with Gasteiger partial charge in [-0.15, -0.1) is 11.8 Å². The molecule has 1 aromatic rings. The van der Waals surface area contributed by atoms with Gasteiger partial charge in [-0.1, -0.05) is 0 Å². The molecule has 2 rings (SSSR count). The van der Waals surface area contributed by atoms with Crippen molar-refractivity contribution in [1.82, 2.24) is 0 Å². The third kappa shape index (κ3) is 2.92. The van der Waals surface area contributed by atoms with Crippen LogP contribution >= 0.6 is 11.8 Å². The Morgan fingerprint density at radius 1 is 1.56 bits per heavy atom. The van der Waals surface area contributed by atoms with E-state index in [1.165, 1.54) is 24.6 Å². The molecular weight excluding hydrogens is 222 g/mol. The number of carbonyl (C=O) groups excluding carboxylic acids is 1. The summed E-state index contributed by atoms with van der Waals surface area (Å²) in [4.78, 5) is 12.5. The number of aromatic hydroxyl groups is 1. The first-order valence-electron chi connectivity index (χ1n) is 5.36. The second-order valence-electron chi connectivity index (χ2n) is 4.08. The molecule has 1 fully saturated rings. The molecule has 0 heterocycles. The molecule has 1 amide bonds. The molecular formula is C12H15NO2S. The van der Waals surface area contributed by atoms with Crippen LogP contribution < -0.4 is 5.32 Å². The number of hydrogen-bond acceptors (Lipinski definition) is 3. The molecule has 0 spiro atoms. The van der Waals surface area contributed by atoms with E-state index in [-0.39, 0.29) is 11.7 Å². The fourth-order valence-corrected chi connectivity index (χ4v) is 2.15. The van der Waals surface area contributed by atoms with Crippen LogP contribution in [0.25, 0.3) is 0 Å². The van der Waals surface area contributed by atoms with E-state index in [2.05, 4.69) is 5.32 Å². The molecule has 0 atom stereocenters. The third-order valence-corrected chi connectivity index (χ3v) is 3.41. The molecule has 0 saturated heterocycles. The molecule has 1 aliphatic carbocycles. The molecule has 0 radical (unpaired) electrons. The normalized spacial score (nSPS) is 14.8. The highest BCUT2D eigenvalue weighted by molar-refractivity contribution is 7.98. The topological polar surface area (TPSA) is 49.3 Å². The van der Waals surface area contributed by atoms with Gasteiger partial charge in [-0.2, -0.15) is 0 Å². The number of thioether (sulfide) groups is 1. The standard InChI is InChI=1S/C12H15NO2S/c1-16-11-7-9(14)4-5-10(11)13-12(15)6-8-2-3-8/h4-5,7-8,14H,2-3,6H2,1H3,(H,13,15). The van der Waals surface area contributed by atoms with Crippen LogP contribution in [0.15, 0.2) is 23.1 Å². The predicted molar refractivity (Wildman–Crippen MR) is 65.9 cm³/mol. The maximum Gasteiger partial charge on any atom is 0.224 e. The van der Waals surface area contributed by atoms with Gasteiger partial charge in [0.25, 0.3) is 0 Å². The van der Waals surface area contributed by atoms with Crippen LogP contribution in [-0.4, -0.2) is 17.3 Å². The van der Waals surface area contributed by atoms with Crippen LogP contribution in [0.4, 0.5) is 5.69 Å². The van der Waals surface area contributed by atoms with Crippen molar-refractivity contribution in [3.05, 3.63) is 18.2 Å². The molecule has 1 saturated carbocycles. The minimum absolute atomic E-state index is 0.0727.